The Morgan fingerprint density at radius 2 is 1.95 bits per heavy atom. The summed E-state index contributed by atoms with van der Waals surface area (Å²) in [4.78, 5) is 10.2. The Labute approximate surface area is 114 Å². The Bertz CT molecular complexity index is 646. The predicted molar refractivity (Wildman–Crippen MR) is 73.1 cm³/mol. The van der Waals surface area contributed by atoms with E-state index < -0.39 is 16.8 Å². The van der Waals surface area contributed by atoms with E-state index in [-0.39, 0.29) is 16.8 Å². The number of hydrogen-bond donors (Lipinski definition) is 2. The SMILES string of the molecule is CNc1ccc([N+](=O)[O-])cc1C(O)c1ccccc1F. The van der Waals surface area contributed by atoms with Gasteiger partial charge in [-0.3, -0.25) is 10.1 Å². The maximum atomic E-state index is 13.7. The van der Waals surface area contributed by atoms with E-state index in [1.54, 1.807) is 13.1 Å². The van der Waals surface area contributed by atoms with Gasteiger partial charge in [-0.05, 0) is 12.1 Å². The number of nitro groups is 1. The molecule has 2 N–H and O–H groups in total. The zero-order chi connectivity index (χ0) is 14.7. The van der Waals surface area contributed by atoms with Crippen molar-refractivity contribution in [1.82, 2.24) is 0 Å². The lowest BCUT2D eigenvalue weighted by molar-refractivity contribution is -0.384. The number of hydrogen-bond acceptors (Lipinski definition) is 4. The number of anilines is 1. The number of aliphatic hydroxyl groups is 1. The van der Waals surface area contributed by atoms with Crippen LogP contribution in [0.1, 0.15) is 17.2 Å². The second kappa shape index (κ2) is 5.66. The zero-order valence-electron chi connectivity index (χ0n) is 10.7. The van der Waals surface area contributed by atoms with Crippen LogP contribution in [0.4, 0.5) is 15.8 Å². The van der Waals surface area contributed by atoms with E-state index in [4.69, 9.17) is 0 Å². The van der Waals surface area contributed by atoms with E-state index in [0.29, 0.717) is 5.69 Å². The fourth-order valence-electron chi connectivity index (χ4n) is 1.98. The number of non-ortho nitro benzene ring substituents is 1. The number of rotatable bonds is 4. The molecule has 0 aliphatic rings. The highest BCUT2D eigenvalue weighted by Crippen LogP contribution is 2.32. The summed E-state index contributed by atoms with van der Waals surface area (Å²) < 4.78 is 13.7. The minimum atomic E-state index is -1.28. The van der Waals surface area contributed by atoms with Crippen LogP contribution in [0.5, 0.6) is 0 Å². The summed E-state index contributed by atoms with van der Waals surface area (Å²) in [5, 5.41) is 23.9. The van der Waals surface area contributed by atoms with E-state index in [1.807, 2.05) is 0 Å². The van der Waals surface area contributed by atoms with Crippen molar-refractivity contribution in [2.24, 2.45) is 0 Å². The summed E-state index contributed by atoms with van der Waals surface area (Å²) in [6, 6.07) is 9.83. The molecule has 2 aromatic rings. The third kappa shape index (κ3) is 2.60. The van der Waals surface area contributed by atoms with Gasteiger partial charge in [-0.1, -0.05) is 18.2 Å². The molecule has 104 valence electrons. The van der Waals surface area contributed by atoms with Crippen LogP contribution in [0.25, 0.3) is 0 Å². The van der Waals surface area contributed by atoms with Crippen LogP contribution in [0.2, 0.25) is 0 Å². The average Bonchev–Trinajstić information content (AvgIpc) is 2.46. The Morgan fingerprint density at radius 3 is 2.55 bits per heavy atom. The second-order valence-corrected chi connectivity index (χ2v) is 4.20. The largest absolute Gasteiger partial charge is 0.388 e. The normalized spacial score (nSPS) is 11.9. The van der Waals surface area contributed by atoms with Crippen LogP contribution in [0.15, 0.2) is 42.5 Å². The van der Waals surface area contributed by atoms with Crippen LogP contribution in [-0.2, 0) is 0 Å². The van der Waals surface area contributed by atoms with E-state index >= 15 is 0 Å². The molecule has 6 heteroatoms. The Hall–Kier alpha value is -2.47. The van der Waals surface area contributed by atoms with Crippen LogP contribution in [0.3, 0.4) is 0 Å². The molecule has 0 radical (unpaired) electrons. The highest BCUT2D eigenvalue weighted by atomic mass is 19.1. The standard InChI is InChI=1S/C14H13FN2O3/c1-16-13-7-6-9(17(19)20)8-11(13)14(18)10-4-2-3-5-12(10)15/h2-8,14,16,18H,1H3. The molecule has 0 heterocycles. The lowest BCUT2D eigenvalue weighted by Crippen LogP contribution is -2.06. The molecule has 0 amide bonds. The molecule has 2 rings (SSSR count). The Balaban J connectivity index is 2.52. The second-order valence-electron chi connectivity index (χ2n) is 4.20. The number of benzene rings is 2. The van der Waals surface area contributed by atoms with Gasteiger partial charge in [-0.25, -0.2) is 4.39 Å². The fourth-order valence-corrected chi connectivity index (χ4v) is 1.98. The van der Waals surface area contributed by atoms with E-state index in [1.165, 1.54) is 36.4 Å². The summed E-state index contributed by atoms with van der Waals surface area (Å²) in [6.45, 7) is 0. The third-order valence-corrected chi connectivity index (χ3v) is 3.01. The van der Waals surface area contributed by atoms with Gasteiger partial charge >= 0.3 is 0 Å². The van der Waals surface area contributed by atoms with E-state index in [9.17, 15) is 19.6 Å². The molecule has 0 saturated heterocycles. The molecule has 1 atom stereocenters. The van der Waals surface area contributed by atoms with Gasteiger partial charge in [0.2, 0.25) is 0 Å². The number of nitrogens with one attached hydrogen (secondary N) is 1. The average molecular weight is 276 g/mol. The highest BCUT2D eigenvalue weighted by molar-refractivity contribution is 5.58. The molecule has 0 spiro atoms. The van der Waals surface area contributed by atoms with Crippen molar-refractivity contribution < 1.29 is 14.4 Å². The predicted octanol–water partition coefficient (Wildman–Crippen LogP) is 2.86. The van der Waals surface area contributed by atoms with Gasteiger partial charge in [0.05, 0.1) is 4.92 Å². The molecule has 0 saturated carbocycles. The summed E-state index contributed by atoms with van der Waals surface area (Å²) >= 11 is 0. The molecule has 2 aromatic carbocycles. The lowest BCUT2D eigenvalue weighted by atomic mass is 9.99. The van der Waals surface area contributed by atoms with Crippen molar-refractivity contribution in [1.29, 1.82) is 0 Å². The maximum absolute atomic E-state index is 13.7. The molecule has 0 aliphatic heterocycles. The quantitative estimate of drug-likeness (QED) is 0.665. The minimum absolute atomic E-state index is 0.0736. The fraction of sp³-hybridized carbons (Fsp3) is 0.143. The Morgan fingerprint density at radius 1 is 1.25 bits per heavy atom. The number of aliphatic hydroxyl groups excluding tert-OH is 1. The van der Waals surface area contributed by atoms with Gasteiger partial charge in [0.15, 0.2) is 0 Å². The van der Waals surface area contributed by atoms with Crippen LogP contribution < -0.4 is 5.32 Å². The van der Waals surface area contributed by atoms with Gasteiger partial charge in [0, 0.05) is 36.0 Å². The highest BCUT2D eigenvalue weighted by Gasteiger charge is 2.20. The first kappa shape index (κ1) is 14.0. The number of halogens is 1. The Kier molecular flexibility index (Phi) is 3.95. The van der Waals surface area contributed by atoms with Crippen molar-refractivity contribution in [2.75, 3.05) is 12.4 Å². The minimum Gasteiger partial charge on any atom is -0.388 e. The first-order valence-corrected chi connectivity index (χ1v) is 5.93. The molecular formula is C14H13FN2O3. The molecule has 5 nitrogen and oxygen atoms in total. The first-order chi connectivity index (χ1) is 9.54. The summed E-state index contributed by atoms with van der Waals surface area (Å²) in [6.07, 6.45) is -1.28. The zero-order valence-corrected chi connectivity index (χ0v) is 10.7. The van der Waals surface area contributed by atoms with Crippen LogP contribution >= 0.6 is 0 Å². The molecule has 0 fully saturated rings. The topological polar surface area (TPSA) is 75.4 Å². The van der Waals surface area contributed by atoms with Crippen molar-refractivity contribution in [3.63, 3.8) is 0 Å². The van der Waals surface area contributed by atoms with Gasteiger partial charge in [-0.2, -0.15) is 0 Å². The number of nitro benzene ring substituents is 1. The molecule has 0 aliphatic carbocycles. The number of nitrogens with zero attached hydrogens (tertiary/aromatic N) is 1. The lowest BCUT2D eigenvalue weighted by Gasteiger charge is -2.16. The molecule has 0 bridgehead atoms. The molecule has 0 aromatic heterocycles. The van der Waals surface area contributed by atoms with Crippen molar-refractivity contribution in [3.8, 4) is 0 Å². The summed E-state index contributed by atoms with van der Waals surface area (Å²) in [7, 11) is 1.62. The first-order valence-electron chi connectivity index (χ1n) is 5.93. The molecular weight excluding hydrogens is 263 g/mol. The molecule has 20 heavy (non-hydrogen) atoms. The van der Waals surface area contributed by atoms with Crippen molar-refractivity contribution in [2.45, 2.75) is 6.10 Å². The third-order valence-electron chi connectivity index (χ3n) is 3.01. The van der Waals surface area contributed by atoms with Crippen LogP contribution in [-0.4, -0.2) is 17.1 Å². The smallest absolute Gasteiger partial charge is 0.269 e. The van der Waals surface area contributed by atoms with E-state index in [2.05, 4.69) is 5.32 Å². The van der Waals surface area contributed by atoms with Crippen molar-refractivity contribution in [3.05, 3.63) is 69.5 Å². The van der Waals surface area contributed by atoms with Crippen LogP contribution in [0, 0.1) is 15.9 Å². The molecule has 1 unspecified atom stereocenters. The van der Waals surface area contributed by atoms with Crippen molar-refractivity contribution >= 4 is 11.4 Å². The summed E-state index contributed by atoms with van der Waals surface area (Å²) in [5.41, 5.74) is 0.678. The monoisotopic (exact) mass is 276 g/mol. The van der Waals surface area contributed by atoms with Gasteiger partial charge in [0.1, 0.15) is 11.9 Å². The van der Waals surface area contributed by atoms with Gasteiger partial charge < -0.3 is 10.4 Å². The van der Waals surface area contributed by atoms with E-state index in [0.717, 1.165) is 0 Å². The maximum Gasteiger partial charge on any atom is 0.269 e. The summed E-state index contributed by atoms with van der Waals surface area (Å²) in [5.74, 6) is -0.562. The van der Waals surface area contributed by atoms with Gasteiger partial charge in [-0.15, -0.1) is 0 Å². The van der Waals surface area contributed by atoms with Gasteiger partial charge in [0.25, 0.3) is 5.69 Å².